The molecule has 0 spiro atoms. The van der Waals surface area contributed by atoms with E-state index in [0.29, 0.717) is 10.7 Å². The third-order valence-corrected chi connectivity index (χ3v) is 2.02. The Balaban J connectivity index is 2.99. The highest BCUT2D eigenvalue weighted by molar-refractivity contribution is 6.33. The molecule has 5 heteroatoms. The first-order chi connectivity index (χ1) is 5.70. The van der Waals surface area contributed by atoms with Crippen LogP contribution in [0.15, 0.2) is 6.33 Å². The number of hydrogen-bond acceptors (Lipinski definition) is 3. The van der Waals surface area contributed by atoms with Crippen LogP contribution < -0.4 is 0 Å². The fraction of sp³-hybridized carbons (Fsp3) is 0.286. The second-order valence-corrected chi connectivity index (χ2v) is 2.93. The van der Waals surface area contributed by atoms with Crippen molar-refractivity contribution >= 4 is 22.6 Å². The molecule has 2 heterocycles. The van der Waals surface area contributed by atoms with E-state index in [4.69, 9.17) is 11.6 Å². The quantitative estimate of drug-likeness (QED) is 0.617. The summed E-state index contributed by atoms with van der Waals surface area (Å²) in [4.78, 5) is 8.09. The first-order valence-electron chi connectivity index (χ1n) is 3.50. The molecular weight excluding hydrogens is 176 g/mol. The van der Waals surface area contributed by atoms with Gasteiger partial charge in [-0.1, -0.05) is 11.6 Å². The van der Waals surface area contributed by atoms with Crippen LogP contribution in [0.2, 0.25) is 5.15 Å². The van der Waals surface area contributed by atoms with Gasteiger partial charge in [0.2, 0.25) is 0 Å². The molecule has 0 N–H and O–H groups in total. The highest BCUT2D eigenvalue weighted by Gasteiger charge is 2.09. The molecule has 2 aromatic rings. The Morgan fingerprint density at radius 3 is 2.83 bits per heavy atom. The molecule has 0 fully saturated rings. The molecule has 0 atom stereocenters. The van der Waals surface area contributed by atoms with Crippen molar-refractivity contribution in [3.8, 4) is 0 Å². The summed E-state index contributed by atoms with van der Waals surface area (Å²) in [6.07, 6.45) is 1.49. The highest BCUT2D eigenvalue weighted by Crippen LogP contribution is 2.20. The molecule has 0 saturated carbocycles. The van der Waals surface area contributed by atoms with Crippen molar-refractivity contribution in [2.75, 3.05) is 0 Å². The predicted molar refractivity (Wildman–Crippen MR) is 46.1 cm³/mol. The van der Waals surface area contributed by atoms with Crippen LogP contribution in [0.4, 0.5) is 0 Å². The van der Waals surface area contributed by atoms with Gasteiger partial charge in [-0.25, -0.2) is 9.97 Å². The van der Waals surface area contributed by atoms with Crippen molar-refractivity contribution in [2.45, 2.75) is 6.92 Å². The van der Waals surface area contributed by atoms with E-state index in [1.54, 1.807) is 4.68 Å². The highest BCUT2D eigenvalue weighted by atomic mass is 35.5. The van der Waals surface area contributed by atoms with E-state index >= 15 is 0 Å². The van der Waals surface area contributed by atoms with Gasteiger partial charge in [-0.3, -0.25) is 4.68 Å². The van der Waals surface area contributed by atoms with Crippen molar-refractivity contribution < 1.29 is 0 Å². The average molecular weight is 183 g/mol. The van der Waals surface area contributed by atoms with Crippen LogP contribution in [0.1, 0.15) is 5.69 Å². The summed E-state index contributed by atoms with van der Waals surface area (Å²) in [5.41, 5.74) is 2.50. The molecule has 4 nitrogen and oxygen atoms in total. The average Bonchev–Trinajstić information content (AvgIpc) is 2.29. The summed E-state index contributed by atoms with van der Waals surface area (Å²) >= 11 is 5.83. The number of nitrogens with zero attached hydrogens (tertiary/aromatic N) is 4. The van der Waals surface area contributed by atoms with Crippen molar-refractivity contribution in [1.82, 2.24) is 19.7 Å². The van der Waals surface area contributed by atoms with Gasteiger partial charge in [0.05, 0.1) is 5.69 Å². The Morgan fingerprint density at radius 1 is 1.42 bits per heavy atom. The van der Waals surface area contributed by atoms with E-state index in [9.17, 15) is 0 Å². The summed E-state index contributed by atoms with van der Waals surface area (Å²) in [6, 6.07) is 0. The maximum Gasteiger partial charge on any atom is 0.177 e. The number of rotatable bonds is 0. The van der Waals surface area contributed by atoms with E-state index in [0.717, 1.165) is 11.2 Å². The molecule has 0 unspecified atom stereocenters. The Labute approximate surface area is 74.2 Å². The SMILES string of the molecule is Cc1ncnc2c(Cl)nn(C)c12. The fourth-order valence-corrected chi connectivity index (χ4v) is 1.49. The summed E-state index contributed by atoms with van der Waals surface area (Å²) in [6.45, 7) is 1.90. The second kappa shape index (κ2) is 2.42. The maximum absolute atomic E-state index is 5.83. The lowest BCUT2D eigenvalue weighted by Crippen LogP contribution is -1.93. The minimum atomic E-state index is 0.429. The van der Waals surface area contributed by atoms with Crippen LogP contribution in [0, 0.1) is 6.92 Å². The minimum absolute atomic E-state index is 0.429. The van der Waals surface area contributed by atoms with Gasteiger partial charge in [0.15, 0.2) is 5.15 Å². The van der Waals surface area contributed by atoms with E-state index in [1.807, 2.05) is 14.0 Å². The molecule has 0 bridgehead atoms. The third-order valence-electron chi connectivity index (χ3n) is 1.76. The number of fused-ring (bicyclic) bond motifs is 1. The Kier molecular flexibility index (Phi) is 1.51. The lowest BCUT2D eigenvalue weighted by Gasteiger charge is -1.95. The van der Waals surface area contributed by atoms with Crippen molar-refractivity contribution in [3.63, 3.8) is 0 Å². The first kappa shape index (κ1) is 7.49. The largest absolute Gasteiger partial charge is 0.263 e. The Morgan fingerprint density at radius 2 is 2.17 bits per heavy atom. The van der Waals surface area contributed by atoms with Crippen LogP contribution in [-0.2, 0) is 7.05 Å². The van der Waals surface area contributed by atoms with Crippen molar-refractivity contribution in [2.24, 2.45) is 7.05 Å². The van der Waals surface area contributed by atoms with E-state index in [1.165, 1.54) is 6.33 Å². The number of aryl methyl sites for hydroxylation is 2. The van der Waals surface area contributed by atoms with Gasteiger partial charge in [-0.05, 0) is 6.92 Å². The van der Waals surface area contributed by atoms with Gasteiger partial charge in [-0.15, -0.1) is 0 Å². The van der Waals surface area contributed by atoms with Crippen LogP contribution >= 0.6 is 11.6 Å². The lowest BCUT2D eigenvalue weighted by molar-refractivity contribution is 0.792. The number of hydrogen-bond donors (Lipinski definition) is 0. The van der Waals surface area contributed by atoms with Crippen LogP contribution in [0.5, 0.6) is 0 Å². The van der Waals surface area contributed by atoms with Gasteiger partial charge in [0, 0.05) is 7.05 Å². The molecule has 0 amide bonds. The van der Waals surface area contributed by atoms with Gasteiger partial charge in [-0.2, -0.15) is 5.10 Å². The second-order valence-electron chi connectivity index (χ2n) is 2.57. The van der Waals surface area contributed by atoms with Gasteiger partial charge < -0.3 is 0 Å². The summed E-state index contributed by atoms with van der Waals surface area (Å²) < 4.78 is 1.69. The monoisotopic (exact) mass is 182 g/mol. The molecule has 2 rings (SSSR count). The summed E-state index contributed by atoms with van der Waals surface area (Å²) in [7, 11) is 1.82. The third kappa shape index (κ3) is 0.881. The summed E-state index contributed by atoms with van der Waals surface area (Å²) in [5, 5.41) is 4.46. The Bertz CT molecular complexity index is 434. The molecule has 0 aliphatic rings. The molecule has 2 aromatic heterocycles. The van der Waals surface area contributed by atoms with E-state index in [-0.39, 0.29) is 0 Å². The molecular formula is C7H7ClN4. The molecule has 0 radical (unpaired) electrons. The zero-order chi connectivity index (χ0) is 8.72. The first-order valence-corrected chi connectivity index (χ1v) is 3.87. The smallest absolute Gasteiger partial charge is 0.177 e. The number of halogens is 1. The molecule has 0 aliphatic carbocycles. The van der Waals surface area contributed by atoms with E-state index < -0.39 is 0 Å². The molecule has 0 aromatic carbocycles. The summed E-state index contributed by atoms with van der Waals surface area (Å²) in [5.74, 6) is 0. The Hall–Kier alpha value is -1.16. The van der Waals surface area contributed by atoms with Crippen molar-refractivity contribution in [1.29, 1.82) is 0 Å². The maximum atomic E-state index is 5.83. The zero-order valence-electron chi connectivity index (χ0n) is 6.74. The van der Waals surface area contributed by atoms with Crippen molar-refractivity contribution in [3.05, 3.63) is 17.2 Å². The van der Waals surface area contributed by atoms with Gasteiger partial charge in [0.25, 0.3) is 0 Å². The fourth-order valence-electron chi connectivity index (χ4n) is 1.23. The molecule has 12 heavy (non-hydrogen) atoms. The van der Waals surface area contributed by atoms with Crippen LogP contribution in [0.25, 0.3) is 11.0 Å². The normalized spacial score (nSPS) is 10.9. The van der Waals surface area contributed by atoms with E-state index in [2.05, 4.69) is 15.1 Å². The topological polar surface area (TPSA) is 43.6 Å². The number of aromatic nitrogens is 4. The van der Waals surface area contributed by atoms with Crippen LogP contribution in [-0.4, -0.2) is 19.7 Å². The standard InChI is InChI=1S/C7H7ClN4/c1-4-6-5(10-3-9-4)7(8)11-12(6)2/h3H,1-2H3. The van der Waals surface area contributed by atoms with Gasteiger partial charge in [0.1, 0.15) is 17.4 Å². The van der Waals surface area contributed by atoms with Gasteiger partial charge >= 0.3 is 0 Å². The molecule has 0 aliphatic heterocycles. The molecule has 62 valence electrons. The molecule has 0 saturated heterocycles. The van der Waals surface area contributed by atoms with Crippen LogP contribution in [0.3, 0.4) is 0 Å². The predicted octanol–water partition coefficient (Wildman–Crippen LogP) is 1.33. The lowest BCUT2D eigenvalue weighted by atomic mass is 10.3. The zero-order valence-corrected chi connectivity index (χ0v) is 7.50. The minimum Gasteiger partial charge on any atom is -0.263 e.